The van der Waals surface area contributed by atoms with Crippen molar-refractivity contribution in [2.45, 2.75) is 0 Å². The van der Waals surface area contributed by atoms with Crippen molar-refractivity contribution in [1.29, 1.82) is 0 Å². The van der Waals surface area contributed by atoms with E-state index in [-0.39, 0.29) is 0 Å². The lowest BCUT2D eigenvalue weighted by atomic mass is 10.0. The number of thiophene rings is 1. The van der Waals surface area contributed by atoms with E-state index in [1.54, 1.807) is 22.7 Å². The Bertz CT molecular complexity index is 1150. The van der Waals surface area contributed by atoms with Gasteiger partial charge in [0.1, 0.15) is 9.84 Å². The topological polar surface area (TPSA) is 12.9 Å². The number of hydrogen-bond acceptors (Lipinski definition) is 3. The maximum Gasteiger partial charge on any atom is 0.136 e. The lowest BCUT2D eigenvalue weighted by Crippen LogP contribution is -1.80. The highest BCUT2D eigenvalue weighted by molar-refractivity contribution is 7.33. The molecule has 5 aromatic rings. The average Bonchev–Trinajstić information content (AvgIpc) is 3.21. The van der Waals surface area contributed by atoms with E-state index in [4.69, 9.17) is 4.98 Å². The van der Waals surface area contributed by atoms with E-state index in [0.29, 0.717) is 0 Å². The summed E-state index contributed by atoms with van der Waals surface area (Å²) in [4.78, 5) is 6.03. The van der Waals surface area contributed by atoms with Crippen LogP contribution in [0.5, 0.6) is 0 Å². The number of hydrogen-bond donors (Lipinski definition) is 0. The average molecular weight is 343 g/mol. The first-order valence-corrected chi connectivity index (χ1v) is 9.46. The largest absolute Gasteiger partial charge is 0.225 e. The molecule has 1 nitrogen and oxygen atoms in total. The van der Waals surface area contributed by atoms with Crippen molar-refractivity contribution in [3.8, 4) is 21.7 Å². The van der Waals surface area contributed by atoms with E-state index in [9.17, 15) is 0 Å². The first kappa shape index (κ1) is 13.9. The highest BCUT2D eigenvalue weighted by Gasteiger charge is 2.12. The molecule has 0 aliphatic rings. The maximum atomic E-state index is 4.89. The summed E-state index contributed by atoms with van der Waals surface area (Å²) in [5.74, 6) is 0. The van der Waals surface area contributed by atoms with Gasteiger partial charge >= 0.3 is 0 Å². The molecule has 0 atom stereocenters. The van der Waals surface area contributed by atoms with E-state index >= 15 is 0 Å². The molecule has 0 saturated carbocycles. The molecule has 2 heterocycles. The van der Waals surface area contributed by atoms with Crippen LogP contribution in [0.3, 0.4) is 0 Å². The summed E-state index contributed by atoms with van der Waals surface area (Å²) in [5.41, 5.74) is 3.66. The predicted octanol–water partition coefficient (Wildman–Crippen LogP) is 6.85. The molecule has 3 aromatic carbocycles. The molecule has 0 aliphatic carbocycles. The van der Waals surface area contributed by atoms with Crippen LogP contribution in [0.1, 0.15) is 0 Å². The highest BCUT2D eigenvalue weighted by Crippen LogP contribution is 2.40. The molecular formula is C21H13NS2. The molecule has 24 heavy (non-hydrogen) atoms. The summed E-state index contributed by atoms with van der Waals surface area (Å²) in [7, 11) is 0. The molecular weight excluding hydrogens is 330 g/mol. The Balaban J connectivity index is 1.65. The Morgan fingerprint density at radius 3 is 2.29 bits per heavy atom. The zero-order valence-corrected chi connectivity index (χ0v) is 14.4. The van der Waals surface area contributed by atoms with Crippen molar-refractivity contribution in [2.24, 2.45) is 0 Å². The Hall–Kier alpha value is -2.49. The molecule has 0 fully saturated rings. The number of rotatable bonds is 2. The molecule has 0 unspecified atom stereocenters. The first-order chi connectivity index (χ1) is 11.9. The summed E-state index contributed by atoms with van der Waals surface area (Å²) < 4.78 is 2.62. The molecule has 0 amide bonds. The fourth-order valence-electron chi connectivity index (χ4n) is 2.98. The van der Waals surface area contributed by atoms with Gasteiger partial charge in [-0.1, -0.05) is 66.7 Å². The van der Waals surface area contributed by atoms with Crippen molar-refractivity contribution in [3.63, 3.8) is 0 Å². The van der Waals surface area contributed by atoms with Gasteiger partial charge in [-0.3, -0.25) is 0 Å². The van der Waals surface area contributed by atoms with Gasteiger partial charge in [-0.05, 0) is 23.3 Å². The van der Waals surface area contributed by atoms with Crippen LogP contribution < -0.4 is 0 Å². The van der Waals surface area contributed by atoms with Crippen LogP contribution in [0.15, 0.2) is 78.9 Å². The monoisotopic (exact) mass is 343 g/mol. The van der Waals surface area contributed by atoms with Gasteiger partial charge < -0.3 is 0 Å². The number of benzene rings is 3. The highest BCUT2D eigenvalue weighted by atomic mass is 32.1. The zero-order valence-electron chi connectivity index (χ0n) is 12.8. The van der Waals surface area contributed by atoms with Crippen molar-refractivity contribution in [1.82, 2.24) is 4.98 Å². The molecule has 0 N–H and O–H groups in total. The normalized spacial score (nSPS) is 11.3. The minimum absolute atomic E-state index is 1.10. The second-order valence-corrected chi connectivity index (χ2v) is 7.73. The predicted molar refractivity (Wildman–Crippen MR) is 106 cm³/mol. The van der Waals surface area contributed by atoms with Gasteiger partial charge in [-0.2, -0.15) is 0 Å². The van der Waals surface area contributed by atoms with Gasteiger partial charge in [0, 0.05) is 15.6 Å². The third kappa shape index (κ3) is 2.25. The third-order valence-corrected chi connectivity index (χ3v) is 6.48. The fourth-order valence-corrected chi connectivity index (χ4v) is 5.32. The standard InChI is InChI=1S/C21H13NS2/c1-2-7-14(8-3-1)15-9-6-10-16(13-15)20-22-21-19(24-20)17-11-4-5-12-18(17)23-21/h1-13H. The minimum Gasteiger partial charge on any atom is -0.225 e. The van der Waals surface area contributed by atoms with Gasteiger partial charge in [-0.25, -0.2) is 4.98 Å². The smallest absolute Gasteiger partial charge is 0.136 e. The van der Waals surface area contributed by atoms with Crippen LogP contribution in [0, 0.1) is 0 Å². The number of nitrogens with zero attached hydrogens (tertiary/aromatic N) is 1. The summed E-state index contributed by atoms with van der Waals surface area (Å²) in [6.07, 6.45) is 0. The first-order valence-electron chi connectivity index (χ1n) is 7.82. The van der Waals surface area contributed by atoms with Crippen molar-refractivity contribution in [3.05, 3.63) is 78.9 Å². The van der Waals surface area contributed by atoms with Crippen molar-refractivity contribution in [2.75, 3.05) is 0 Å². The second kappa shape index (κ2) is 5.55. The second-order valence-electron chi connectivity index (χ2n) is 5.70. The molecule has 0 bridgehead atoms. The lowest BCUT2D eigenvalue weighted by Gasteiger charge is -2.03. The molecule has 5 rings (SSSR count). The van der Waals surface area contributed by atoms with E-state index < -0.39 is 0 Å². The van der Waals surface area contributed by atoms with E-state index in [2.05, 4.69) is 72.8 Å². The van der Waals surface area contributed by atoms with E-state index in [0.717, 1.165) is 9.84 Å². The van der Waals surface area contributed by atoms with Crippen LogP contribution in [-0.2, 0) is 0 Å². The molecule has 0 radical (unpaired) electrons. The summed E-state index contributed by atoms with van der Waals surface area (Å²) in [6.45, 7) is 0. The van der Waals surface area contributed by atoms with E-state index in [1.165, 1.54) is 31.5 Å². The minimum atomic E-state index is 1.10. The Morgan fingerprint density at radius 2 is 1.38 bits per heavy atom. The van der Waals surface area contributed by atoms with Crippen molar-refractivity contribution >= 4 is 42.3 Å². The fraction of sp³-hybridized carbons (Fsp3) is 0. The molecule has 0 aliphatic heterocycles. The number of fused-ring (bicyclic) bond motifs is 3. The van der Waals surface area contributed by atoms with Gasteiger partial charge in [0.05, 0.1) is 4.70 Å². The maximum absolute atomic E-state index is 4.89. The van der Waals surface area contributed by atoms with Crippen LogP contribution in [0.25, 0.3) is 41.3 Å². The van der Waals surface area contributed by atoms with Crippen LogP contribution in [0.4, 0.5) is 0 Å². The Morgan fingerprint density at radius 1 is 0.625 bits per heavy atom. The van der Waals surface area contributed by atoms with E-state index in [1.807, 2.05) is 6.07 Å². The molecule has 0 saturated heterocycles. The summed E-state index contributed by atoms with van der Waals surface area (Å²) in [6, 6.07) is 27.7. The number of thiazole rings is 1. The molecule has 2 aromatic heterocycles. The Kier molecular flexibility index (Phi) is 3.21. The van der Waals surface area contributed by atoms with Gasteiger partial charge in [0.15, 0.2) is 0 Å². The lowest BCUT2D eigenvalue weighted by molar-refractivity contribution is 1.50. The zero-order chi connectivity index (χ0) is 15.9. The molecule has 114 valence electrons. The quantitative estimate of drug-likeness (QED) is 0.342. The van der Waals surface area contributed by atoms with Gasteiger partial charge in [-0.15, -0.1) is 22.7 Å². The Labute approximate surface area is 147 Å². The molecule has 3 heteroatoms. The summed E-state index contributed by atoms with van der Waals surface area (Å²) >= 11 is 3.57. The molecule has 0 spiro atoms. The van der Waals surface area contributed by atoms with Gasteiger partial charge in [0.25, 0.3) is 0 Å². The number of aromatic nitrogens is 1. The van der Waals surface area contributed by atoms with Crippen LogP contribution in [-0.4, -0.2) is 4.98 Å². The SMILES string of the molecule is c1ccc(-c2cccc(-c3nc4sc5ccccc5c4s3)c2)cc1. The summed E-state index contributed by atoms with van der Waals surface area (Å²) in [5, 5.41) is 2.42. The van der Waals surface area contributed by atoms with Crippen LogP contribution >= 0.6 is 22.7 Å². The van der Waals surface area contributed by atoms with Crippen LogP contribution in [0.2, 0.25) is 0 Å². The van der Waals surface area contributed by atoms with Crippen molar-refractivity contribution < 1.29 is 0 Å². The van der Waals surface area contributed by atoms with Gasteiger partial charge in [0.2, 0.25) is 0 Å². The third-order valence-electron chi connectivity index (χ3n) is 4.15.